The van der Waals surface area contributed by atoms with Gasteiger partial charge >= 0.3 is 0 Å². The molecule has 1 aliphatic rings. The normalized spacial score (nSPS) is 19.6. The number of nitrogens with zero attached hydrogens (tertiary/aromatic N) is 1. The maximum absolute atomic E-state index is 3.64. The Balaban J connectivity index is 1.85. The minimum atomic E-state index is 0.231. The van der Waals surface area contributed by atoms with Crippen LogP contribution in [0.3, 0.4) is 0 Å². The molecule has 1 N–H and O–H groups in total. The van der Waals surface area contributed by atoms with Crippen molar-refractivity contribution in [3.8, 4) is 0 Å². The molecular formula is C18H30N2. The molecule has 0 spiro atoms. The number of rotatable bonds is 5. The smallest absolute Gasteiger partial charge is 0.0366 e. The predicted octanol–water partition coefficient (Wildman–Crippen LogP) is 3.85. The van der Waals surface area contributed by atoms with Crippen molar-refractivity contribution in [3.05, 3.63) is 29.8 Å². The zero-order chi connectivity index (χ0) is 14.6. The lowest BCUT2D eigenvalue weighted by molar-refractivity contribution is 0.383. The first-order valence-electron chi connectivity index (χ1n) is 8.07. The molecular weight excluding hydrogens is 244 g/mol. The fraction of sp³-hybridized carbons (Fsp3) is 0.667. The quantitative estimate of drug-likeness (QED) is 0.877. The van der Waals surface area contributed by atoms with Gasteiger partial charge in [0.2, 0.25) is 0 Å². The minimum absolute atomic E-state index is 0.231. The molecule has 1 aliphatic heterocycles. The molecule has 0 aliphatic carbocycles. The standard InChI is InChI=1S/C18H30N2/c1-5-6-15-7-9-17(10-8-15)20-12-11-16(14-20)13-19-18(2,3)4/h7-10,16,19H,5-6,11-14H2,1-4H3. The van der Waals surface area contributed by atoms with E-state index in [1.54, 1.807) is 0 Å². The molecule has 0 radical (unpaired) electrons. The molecule has 0 aromatic heterocycles. The third-order valence-electron chi connectivity index (χ3n) is 4.05. The van der Waals surface area contributed by atoms with Crippen LogP contribution in [0.4, 0.5) is 5.69 Å². The molecule has 2 heteroatoms. The highest BCUT2D eigenvalue weighted by molar-refractivity contribution is 5.48. The van der Waals surface area contributed by atoms with Crippen molar-refractivity contribution >= 4 is 5.69 Å². The van der Waals surface area contributed by atoms with E-state index in [2.05, 4.69) is 62.2 Å². The molecule has 1 unspecified atom stereocenters. The van der Waals surface area contributed by atoms with E-state index in [1.165, 1.54) is 43.6 Å². The summed E-state index contributed by atoms with van der Waals surface area (Å²) in [6.45, 7) is 12.5. The Labute approximate surface area is 124 Å². The van der Waals surface area contributed by atoms with Crippen LogP contribution in [0.2, 0.25) is 0 Å². The van der Waals surface area contributed by atoms with Gasteiger partial charge in [0, 0.05) is 30.9 Å². The van der Waals surface area contributed by atoms with Gasteiger partial charge in [-0.25, -0.2) is 0 Å². The predicted molar refractivity (Wildman–Crippen MR) is 88.5 cm³/mol. The average molecular weight is 274 g/mol. The first-order chi connectivity index (χ1) is 9.48. The Hall–Kier alpha value is -1.02. The van der Waals surface area contributed by atoms with Gasteiger partial charge in [-0.1, -0.05) is 25.5 Å². The molecule has 1 aromatic carbocycles. The monoisotopic (exact) mass is 274 g/mol. The molecule has 0 bridgehead atoms. The van der Waals surface area contributed by atoms with Crippen LogP contribution in [0.25, 0.3) is 0 Å². The van der Waals surface area contributed by atoms with E-state index >= 15 is 0 Å². The zero-order valence-electron chi connectivity index (χ0n) is 13.6. The Kier molecular flexibility index (Phi) is 5.09. The second-order valence-corrected chi connectivity index (χ2v) is 7.15. The van der Waals surface area contributed by atoms with Crippen molar-refractivity contribution in [3.63, 3.8) is 0 Å². The number of aryl methyl sites for hydroxylation is 1. The van der Waals surface area contributed by atoms with Crippen LogP contribution < -0.4 is 10.2 Å². The zero-order valence-corrected chi connectivity index (χ0v) is 13.6. The SMILES string of the molecule is CCCc1ccc(N2CCC(CNC(C)(C)C)C2)cc1. The molecule has 2 nitrogen and oxygen atoms in total. The maximum Gasteiger partial charge on any atom is 0.0366 e. The second-order valence-electron chi connectivity index (χ2n) is 7.15. The summed E-state index contributed by atoms with van der Waals surface area (Å²) in [4.78, 5) is 2.53. The van der Waals surface area contributed by atoms with Crippen molar-refractivity contribution < 1.29 is 0 Å². The molecule has 1 fully saturated rings. The van der Waals surface area contributed by atoms with E-state index in [0.717, 1.165) is 12.5 Å². The van der Waals surface area contributed by atoms with Crippen LogP contribution in [-0.4, -0.2) is 25.2 Å². The molecule has 0 amide bonds. The number of anilines is 1. The maximum atomic E-state index is 3.64. The van der Waals surface area contributed by atoms with Gasteiger partial charge in [0.05, 0.1) is 0 Å². The Morgan fingerprint density at radius 2 is 1.90 bits per heavy atom. The van der Waals surface area contributed by atoms with Gasteiger partial charge in [0.1, 0.15) is 0 Å². The van der Waals surface area contributed by atoms with Gasteiger partial charge in [-0.2, -0.15) is 0 Å². The molecule has 1 saturated heterocycles. The summed E-state index contributed by atoms with van der Waals surface area (Å²) in [6, 6.07) is 9.17. The number of hydrogen-bond acceptors (Lipinski definition) is 2. The van der Waals surface area contributed by atoms with Crippen molar-refractivity contribution in [2.75, 3.05) is 24.5 Å². The molecule has 0 saturated carbocycles. The molecule has 2 rings (SSSR count). The molecule has 1 heterocycles. The second kappa shape index (κ2) is 6.62. The van der Waals surface area contributed by atoms with E-state index in [1.807, 2.05) is 0 Å². The topological polar surface area (TPSA) is 15.3 Å². The summed E-state index contributed by atoms with van der Waals surface area (Å²) >= 11 is 0. The fourth-order valence-electron chi connectivity index (χ4n) is 2.85. The van der Waals surface area contributed by atoms with Gasteiger partial charge in [-0.3, -0.25) is 0 Å². The highest BCUT2D eigenvalue weighted by Crippen LogP contribution is 2.24. The van der Waals surface area contributed by atoms with Gasteiger partial charge in [0.15, 0.2) is 0 Å². The fourth-order valence-corrected chi connectivity index (χ4v) is 2.85. The summed E-state index contributed by atoms with van der Waals surface area (Å²) in [6.07, 6.45) is 3.72. The van der Waals surface area contributed by atoms with Crippen molar-refractivity contribution in [2.24, 2.45) is 5.92 Å². The summed E-state index contributed by atoms with van der Waals surface area (Å²) < 4.78 is 0. The highest BCUT2D eigenvalue weighted by atomic mass is 15.2. The van der Waals surface area contributed by atoms with Crippen LogP contribution in [0.5, 0.6) is 0 Å². The lowest BCUT2D eigenvalue weighted by Gasteiger charge is -2.24. The van der Waals surface area contributed by atoms with E-state index < -0.39 is 0 Å². The van der Waals surface area contributed by atoms with Crippen LogP contribution in [-0.2, 0) is 6.42 Å². The first-order valence-corrected chi connectivity index (χ1v) is 8.07. The number of hydrogen-bond donors (Lipinski definition) is 1. The molecule has 20 heavy (non-hydrogen) atoms. The summed E-state index contributed by atoms with van der Waals surface area (Å²) in [5.74, 6) is 0.782. The Bertz CT molecular complexity index is 402. The Morgan fingerprint density at radius 3 is 2.50 bits per heavy atom. The summed E-state index contributed by atoms with van der Waals surface area (Å²) in [7, 11) is 0. The van der Waals surface area contributed by atoms with Crippen LogP contribution in [0, 0.1) is 5.92 Å². The van der Waals surface area contributed by atoms with Gasteiger partial charge in [-0.05, 0) is 57.2 Å². The van der Waals surface area contributed by atoms with E-state index in [9.17, 15) is 0 Å². The largest absolute Gasteiger partial charge is 0.371 e. The third kappa shape index (κ3) is 4.52. The summed E-state index contributed by atoms with van der Waals surface area (Å²) in [5.41, 5.74) is 3.08. The van der Waals surface area contributed by atoms with E-state index in [-0.39, 0.29) is 5.54 Å². The van der Waals surface area contributed by atoms with Crippen molar-refractivity contribution in [1.82, 2.24) is 5.32 Å². The Morgan fingerprint density at radius 1 is 1.20 bits per heavy atom. The van der Waals surface area contributed by atoms with E-state index in [4.69, 9.17) is 0 Å². The number of benzene rings is 1. The van der Waals surface area contributed by atoms with Gasteiger partial charge in [-0.15, -0.1) is 0 Å². The lowest BCUT2D eigenvalue weighted by Crippen LogP contribution is -2.39. The number of nitrogens with one attached hydrogen (secondary N) is 1. The van der Waals surface area contributed by atoms with Gasteiger partial charge < -0.3 is 10.2 Å². The highest BCUT2D eigenvalue weighted by Gasteiger charge is 2.23. The lowest BCUT2D eigenvalue weighted by atomic mass is 10.1. The first kappa shape index (κ1) is 15.4. The third-order valence-corrected chi connectivity index (χ3v) is 4.05. The van der Waals surface area contributed by atoms with Crippen molar-refractivity contribution in [2.45, 2.75) is 52.5 Å². The summed E-state index contributed by atoms with van der Waals surface area (Å²) in [5, 5.41) is 3.64. The van der Waals surface area contributed by atoms with Crippen LogP contribution in [0.15, 0.2) is 24.3 Å². The molecule has 112 valence electrons. The van der Waals surface area contributed by atoms with E-state index in [0.29, 0.717) is 0 Å². The molecule has 1 atom stereocenters. The minimum Gasteiger partial charge on any atom is -0.371 e. The molecule has 1 aromatic rings. The van der Waals surface area contributed by atoms with Gasteiger partial charge in [0.25, 0.3) is 0 Å². The average Bonchev–Trinajstić information content (AvgIpc) is 2.86. The van der Waals surface area contributed by atoms with Crippen LogP contribution >= 0.6 is 0 Å². The van der Waals surface area contributed by atoms with Crippen LogP contribution in [0.1, 0.15) is 46.1 Å². The van der Waals surface area contributed by atoms with Crippen molar-refractivity contribution in [1.29, 1.82) is 0 Å².